The van der Waals surface area contributed by atoms with Crippen molar-refractivity contribution in [3.63, 3.8) is 0 Å². The summed E-state index contributed by atoms with van der Waals surface area (Å²) in [6.07, 6.45) is 0. The molecule has 0 spiro atoms. The Hall–Kier alpha value is -2.15. The Morgan fingerprint density at radius 3 is 2.58 bits per heavy atom. The smallest absolute Gasteiger partial charge is 0.257 e. The average molecular weight is 418 g/mol. The van der Waals surface area contributed by atoms with Crippen LogP contribution in [0.1, 0.15) is 0 Å². The third-order valence-electron chi connectivity index (χ3n) is 3.42. The Kier molecular flexibility index (Phi) is 5.46. The molecule has 0 aliphatic carbocycles. The number of halogens is 5. The predicted molar refractivity (Wildman–Crippen MR) is 96.4 cm³/mol. The van der Waals surface area contributed by atoms with E-state index in [4.69, 9.17) is 39.3 Å². The van der Waals surface area contributed by atoms with E-state index in [9.17, 15) is 13.6 Å². The number of aromatic nitrogens is 1. The van der Waals surface area contributed by atoms with Crippen LogP contribution in [0.3, 0.4) is 0 Å². The summed E-state index contributed by atoms with van der Waals surface area (Å²) in [5.74, 6) is -1.82. The van der Waals surface area contributed by atoms with Gasteiger partial charge in [0.2, 0.25) is 0 Å². The van der Waals surface area contributed by atoms with Crippen molar-refractivity contribution in [3.8, 4) is 22.6 Å². The highest BCUT2D eigenvalue weighted by molar-refractivity contribution is 6.54. The van der Waals surface area contributed by atoms with Gasteiger partial charge in [0.15, 0.2) is 10.6 Å². The number of hydrogen-bond acceptors (Lipinski definition) is 3. The molecule has 0 bridgehead atoms. The molecular weight excluding hydrogens is 409 g/mol. The van der Waals surface area contributed by atoms with Crippen LogP contribution in [-0.2, 0) is 4.79 Å². The molecule has 1 aromatic heterocycles. The molecule has 1 heterocycles. The van der Waals surface area contributed by atoms with Gasteiger partial charge in [-0.2, -0.15) is 0 Å². The van der Waals surface area contributed by atoms with Crippen LogP contribution in [0.2, 0.25) is 5.02 Å². The maximum Gasteiger partial charge on any atom is 0.257 e. The van der Waals surface area contributed by atoms with Crippen LogP contribution in [0.25, 0.3) is 22.6 Å². The fraction of sp³-hybridized carbons (Fsp3) is 0.0588. The molecule has 4 nitrogen and oxygen atoms in total. The van der Waals surface area contributed by atoms with Crippen molar-refractivity contribution >= 4 is 46.4 Å². The third kappa shape index (κ3) is 3.82. The Labute approximate surface area is 161 Å². The minimum atomic E-state index is -1.21. The largest absolute Gasteiger partial charge is 0.356 e. The summed E-state index contributed by atoms with van der Waals surface area (Å²) < 4.78 is 32.8. The monoisotopic (exact) mass is 416 g/mol. The van der Waals surface area contributed by atoms with Gasteiger partial charge in [0.05, 0.1) is 10.6 Å². The first-order chi connectivity index (χ1) is 12.4. The number of benzene rings is 2. The van der Waals surface area contributed by atoms with Gasteiger partial charge in [0, 0.05) is 17.3 Å². The average Bonchev–Trinajstić information content (AvgIpc) is 3.08. The van der Waals surface area contributed by atoms with Crippen LogP contribution in [0.5, 0.6) is 0 Å². The molecule has 1 amide bonds. The van der Waals surface area contributed by atoms with E-state index in [1.54, 1.807) is 24.3 Å². The number of nitrogens with one attached hydrogen (secondary N) is 1. The lowest BCUT2D eigenvalue weighted by Gasteiger charge is -2.06. The number of amides is 1. The van der Waals surface area contributed by atoms with E-state index < -0.39 is 22.4 Å². The molecule has 0 atom stereocenters. The Morgan fingerprint density at radius 2 is 1.85 bits per heavy atom. The van der Waals surface area contributed by atoms with E-state index in [2.05, 4.69) is 10.5 Å². The second-order valence-electron chi connectivity index (χ2n) is 5.17. The minimum Gasteiger partial charge on any atom is -0.356 e. The molecule has 0 aliphatic rings. The summed E-state index contributed by atoms with van der Waals surface area (Å²) in [7, 11) is 0. The quantitative estimate of drug-likeness (QED) is 0.439. The van der Waals surface area contributed by atoms with Gasteiger partial charge in [-0.15, -0.1) is 0 Å². The first-order valence-corrected chi connectivity index (χ1v) is 8.42. The van der Waals surface area contributed by atoms with Crippen LogP contribution >= 0.6 is 34.8 Å². The van der Waals surface area contributed by atoms with Crippen LogP contribution in [-0.4, -0.2) is 15.9 Å². The molecule has 0 aliphatic heterocycles. The standard InChI is InChI=1S/C17H9Cl3F2N2O2/c18-15-11(22)5-4-10(21)14(15)12-7-13(26-24-12)8-2-1-3-9(6-8)23-17(25)16(19)20/h1-7,16H,(H,23,25). The van der Waals surface area contributed by atoms with Crippen molar-refractivity contribution in [2.75, 3.05) is 5.32 Å². The van der Waals surface area contributed by atoms with E-state index >= 15 is 0 Å². The van der Waals surface area contributed by atoms with Gasteiger partial charge in [0.25, 0.3) is 5.91 Å². The van der Waals surface area contributed by atoms with Crippen molar-refractivity contribution in [3.05, 3.63) is 59.1 Å². The van der Waals surface area contributed by atoms with Crippen LogP contribution < -0.4 is 5.32 Å². The van der Waals surface area contributed by atoms with Gasteiger partial charge < -0.3 is 9.84 Å². The highest BCUT2D eigenvalue weighted by Crippen LogP contribution is 2.34. The number of alkyl halides is 2. The van der Waals surface area contributed by atoms with Crippen LogP contribution in [0.4, 0.5) is 14.5 Å². The Balaban J connectivity index is 1.94. The fourth-order valence-corrected chi connectivity index (χ4v) is 2.60. The van der Waals surface area contributed by atoms with Crippen LogP contribution in [0.15, 0.2) is 47.0 Å². The zero-order valence-corrected chi connectivity index (χ0v) is 15.0. The molecule has 0 radical (unpaired) electrons. The van der Waals surface area contributed by atoms with E-state index in [1.165, 1.54) is 6.07 Å². The van der Waals surface area contributed by atoms with Gasteiger partial charge >= 0.3 is 0 Å². The number of nitrogens with zero attached hydrogens (tertiary/aromatic N) is 1. The minimum absolute atomic E-state index is 0.0398. The number of anilines is 1. The summed E-state index contributed by atoms with van der Waals surface area (Å²) in [6, 6.07) is 9.84. The van der Waals surface area contributed by atoms with Crippen molar-refractivity contribution in [2.24, 2.45) is 0 Å². The number of rotatable bonds is 4. The lowest BCUT2D eigenvalue weighted by molar-refractivity contribution is -0.114. The first-order valence-electron chi connectivity index (χ1n) is 7.17. The van der Waals surface area contributed by atoms with E-state index in [-0.39, 0.29) is 22.0 Å². The summed E-state index contributed by atoms with van der Waals surface area (Å²) in [5.41, 5.74) is 0.804. The summed E-state index contributed by atoms with van der Waals surface area (Å²) in [6.45, 7) is 0. The van der Waals surface area contributed by atoms with Crippen LogP contribution in [0, 0.1) is 11.6 Å². The maximum atomic E-state index is 14.0. The predicted octanol–water partition coefficient (Wildman–Crippen LogP) is 5.68. The first kappa shape index (κ1) is 18.6. The van der Waals surface area contributed by atoms with E-state index in [0.29, 0.717) is 11.3 Å². The summed E-state index contributed by atoms with van der Waals surface area (Å²) in [5, 5.41) is 5.88. The molecule has 0 saturated carbocycles. The lowest BCUT2D eigenvalue weighted by Crippen LogP contribution is -2.18. The molecule has 3 rings (SSSR count). The molecule has 0 fully saturated rings. The topological polar surface area (TPSA) is 55.1 Å². The molecule has 3 aromatic rings. The lowest BCUT2D eigenvalue weighted by atomic mass is 10.1. The highest BCUT2D eigenvalue weighted by Gasteiger charge is 2.19. The fourth-order valence-electron chi connectivity index (χ4n) is 2.24. The molecule has 1 N–H and O–H groups in total. The van der Waals surface area contributed by atoms with Gasteiger partial charge in [-0.3, -0.25) is 4.79 Å². The number of carbonyl (C=O) groups excluding carboxylic acids is 1. The van der Waals surface area contributed by atoms with Gasteiger partial charge in [-0.05, 0) is 24.3 Å². The maximum absolute atomic E-state index is 14.0. The van der Waals surface area contributed by atoms with Crippen molar-refractivity contribution in [2.45, 2.75) is 4.84 Å². The highest BCUT2D eigenvalue weighted by atomic mass is 35.5. The zero-order chi connectivity index (χ0) is 18.8. The van der Waals surface area contributed by atoms with Gasteiger partial charge in [0.1, 0.15) is 17.3 Å². The molecule has 9 heteroatoms. The van der Waals surface area contributed by atoms with E-state index in [1.807, 2.05) is 0 Å². The molecule has 2 aromatic carbocycles. The van der Waals surface area contributed by atoms with Crippen molar-refractivity contribution in [1.82, 2.24) is 5.16 Å². The molecule has 134 valence electrons. The Bertz CT molecular complexity index is 976. The Morgan fingerprint density at radius 1 is 1.12 bits per heavy atom. The summed E-state index contributed by atoms with van der Waals surface area (Å²) >= 11 is 16.8. The molecule has 0 unspecified atom stereocenters. The van der Waals surface area contributed by atoms with Gasteiger partial charge in [-0.1, -0.05) is 52.1 Å². The summed E-state index contributed by atoms with van der Waals surface area (Å²) in [4.78, 5) is 10.3. The van der Waals surface area contributed by atoms with E-state index in [0.717, 1.165) is 12.1 Å². The SMILES string of the molecule is O=C(Nc1cccc(-c2cc(-c3c(F)ccc(F)c3Cl)no2)c1)C(Cl)Cl. The second kappa shape index (κ2) is 7.61. The van der Waals surface area contributed by atoms with Crippen molar-refractivity contribution < 1.29 is 18.1 Å². The molecule has 0 saturated heterocycles. The van der Waals surface area contributed by atoms with Gasteiger partial charge in [-0.25, -0.2) is 8.78 Å². The third-order valence-corrected chi connectivity index (χ3v) is 4.19. The number of hydrogen-bond donors (Lipinski definition) is 1. The molecule has 26 heavy (non-hydrogen) atoms. The second-order valence-corrected chi connectivity index (χ2v) is 6.64. The normalized spacial score (nSPS) is 11.0. The zero-order valence-electron chi connectivity index (χ0n) is 12.8. The van der Waals surface area contributed by atoms with Crippen molar-refractivity contribution in [1.29, 1.82) is 0 Å². The number of carbonyl (C=O) groups is 1. The molecular formula is C17H9Cl3F2N2O2.